The van der Waals surface area contributed by atoms with Gasteiger partial charge in [-0.25, -0.2) is 24.4 Å². The number of carbonyl (C=O) groups excluding carboxylic acids is 8. The fourth-order valence-corrected chi connectivity index (χ4v) is 15.7. The largest absolute Gasteiger partial charge is 0.481 e. The van der Waals surface area contributed by atoms with Gasteiger partial charge in [0.2, 0.25) is 5.95 Å². The Morgan fingerprint density at radius 2 is 1.52 bits per heavy atom. The maximum absolute atomic E-state index is 16.3. The molecule has 30 heteroatoms. The van der Waals surface area contributed by atoms with Gasteiger partial charge in [-0.2, -0.15) is 4.98 Å². The molecule has 3 aromatic carbocycles. The number of carboxylic acids is 2. The van der Waals surface area contributed by atoms with Crippen LogP contribution >= 0.6 is 21.6 Å². The maximum Gasteiger partial charge on any atom is 0.338 e. The van der Waals surface area contributed by atoms with E-state index >= 15 is 4.79 Å². The summed E-state index contributed by atoms with van der Waals surface area (Å²) in [6.07, 6.45) is -11.0. The van der Waals surface area contributed by atoms with Crippen molar-refractivity contribution in [1.29, 1.82) is 0 Å². The van der Waals surface area contributed by atoms with Crippen LogP contribution < -0.4 is 21.9 Å². The van der Waals surface area contributed by atoms with Crippen molar-refractivity contribution in [3.05, 3.63) is 135 Å². The van der Waals surface area contributed by atoms with E-state index < -0.39 is 173 Å². The summed E-state index contributed by atoms with van der Waals surface area (Å²) < 4.78 is 37.3. The number of ketones is 2. The number of nitrogens with zero attached hydrogens (tertiary/aromatic N) is 3. The molecule has 4 unspecified atom stereocenters. The number of nitrogens with two attached hydrogens (primary N) is 1. The third-order valence-corrected chi connectivity index (χ3v) is 21.2. The van der Waals surface area contributed by atoms with Crippen molar-refractivity contribution in [3.8, 4) is 0 Å². The van der Waals surface area contributed by atoms with E-state index in [-0.39, 0.29) is 76.7 Å². The molecule has 13 atom stereocenters. The van der Waals surface area contributed by atoms with Crippen LogP contribution in [0.3, 0.4) is 0 Å². The summed E-state index contributed by atoms with van der Waals surface area (Å²) >= 11 is 0. The summed E-state index contributed by atoms with van der Waals surface area (Å²) in [5.41, 5.74) is -1.62. The molecule has 28 nitrogen and oxygen atoms in total. The Balaban J connectivity index is 0.880. The van der Waals surface area contributed by atoms with E-state index in [1.807, 2.05) is 0 Å². The van der Waals surface area contributed by atoms with Gasteiger partial charge < -0.3 is 65.2 Å². The molecule has 5 aromatic rings. The third kappa shape index (κ3) is 15.2. The zero-order valence-electron chi connectivity index (χ0n) is 54.0. The number of aromatic amines is 1. The predicted octanol–water partition coefficient (Wildman–Crippen LogP) is 5.23. The Bertz CT molecular complexity index is 3970. The van der Waals surface area contributed by atoms with Crippen LogP contribution in [0.15, 0.2) is 107 Å². The molecule has 0 radical (unpaired) electrons. The topological polar surface area (TPSA) is 429 Å². The van der Waals surface area contributed by atoms with E-state index in [0.717, 1.165) is 35.4 Å². The van der Waals surface area contributed by atoms with Gasteiger partial charge >= 0.3 is 41.8 Å². The summed E-state index contributed by atoms with van der Waals surface area (Å²) in [6, 6.07) is 20.8. The fourth-order valence-electron chi connectivity index (χ4n) is 13.4. The lowest BCUT2D eigenvalue weighted by Crippen LogP contribution is -2.82. The van der Waals surface area contributed by atoms with E-state index in [0.29, 0.717) is 16.9 Å². The molecular formula is C67H75N7O21S2. The average Bonchev–Trinajstić information content (AvgIpc) is 0.668. The number of esters is 5. The first-order chi connectivity index (χ1) is 45.9. The van der Waals surface area contributed by atoms with Crippen molar-refractivity contribution in [2.45, 2.75) is 153 Å². The summed E-state index contributed by atoms with van der Waals surface area (Å²) in [7, 11) is 2.08. The van der Waals surface area contributed by atoms with Crippen LogP contribution in [0.4, 0.5) is 11.6 Å². The third-order valence-electron chi connectivity index (χ3n) is 18.7. The van der Waals surface area contributed by atoms with Crippen LogP contribution in [-0.2, 0) is 73.3 Å². The smallest absolute Gasteiger partial charge is 0.338 e. The van der Waals surface area contributed by atoms with Gasteiger partial charge in [-0.3, -0.25) is 43.3 Å². The van der Waals surface area contributed by atoms with Gasteiger partial charge in [-0.05, 0) is 73.4 Å². The molecule has 516 valence electrons. The highest BCUT2D eigenvalue weighted by Crippen LogP contribution is 2.65. The molecule has 2 saturated carbocycles. The number of nitrogens with one attached hydrogen (secondary N) is 3. The van der Waals surface area contributed by atoms with Gasteiger partial charge in [0.25, 0.3) is 11.5 Å². The van der Waals surface area contributed by atoms with E-state index in [4.69, 9.17) is 34.2 Å². The van der Waals surface area contributed by atoms with Crippen LogP contribution in [0.25, 0.3) is 11.2 Å². The molecule has 9 N–H and O–H groups in total. The van der Waals surface area contributed by atoms with Crippen LogP contribution in [0.5, 0.6) is 0 Å². The maximum atomic E-state index is 16.3. The predicted molar refractivity (Wildman–Crippen MR) is 348 cm³/mol. The molecule has 97 heavy (non-hydrogen) atoms. The van der Waals surface area contributed by atoms with Crippen LogP contribution in [0.2, 0.25) is 0 Å². The zero-order valence-corrected chi connectivity index (χ0v) is 55.6. The highest BCUT2D eigenvalue weighted by atomic mass is 33.1. The van der Waals surface area contributed by atoms with Crippen molar-refractivity contribution in [1.82, 2.24) is 25.3 Å². The second-order valence-corrected chi connectivity index (χ2v) is 27.9. The SMILES string of the molecule is CC(=O)O[C@H]1C(=O)[C@@]2(C)C(C(OC(=O)c3ccccc3)[C@]3(O)C[C@H](OC(=O)[C@H](O)[C@@H](C)c4ccccc4)C(C)=C1C3(C)C)[C@]1(OC(C)=O)CO[C@@H]1C[C@@H]2OC(=O)CCSSCC(CC(=O)CCC(NC(=O)c1ccc(NCc2cnc3nc(N)[nH]c(=O)c3n2)cc1)C(=O)O)C(=O)O. The molecule has 2 aromatic heterocycles. The summed E-state index contributed by atoms with van der Waals surface area (Å²) in [4.78, 5) is 164. The lowest BCUT2D eigenvalue weighted by atomic mass is 9.44. The van der Waals surface area contributed by atoms with Gasteiger partial charge in [0.1, 0.15) is 41.8 Å². The number of H-pyrrole nitrogens is 1. The number of fused-ring (bicyclic) bond motifs is 6. The number of rotatable bonds is 27. The highest BCUT2D eigenvalue weighted by Gasteiger charge is 2.79. The molecule has 1 saturated heterocycles. The summed E-state index contributed by atoms with van der Waals surface area (Å²) in [5, 5.41) is 51.1. The lowest BCUT2D eigenvalue weighted by molar-refractivity contribution is -0.346. The number of carbonyl (C=O) groups is 10. The molecule has 3 heterocycles. The van der Waals surface area contributed by atoms with Crippen molar-refractivity contribution >= 4 is 104 Å². The summed E-state index contributed by atoms with van der Waals surface area (Å²) in [5.74, 6) is -13.9. The fraction of sp³-hybridized carbons (Fsp3) is 0.463. The first-order valence-corrected chi connectivity index (χ1v) is 33.6. The van der Waals surface area contributed by atoms with Gasteiger partial charge in [0.15, 0.2) is 34.8 Å². The van der Waals surface area contributed by atoms with Crippen LogP contribution in [-0.4, -0.2) is 172 Å². The van der Waals surface area contributed by atoms with E-state index in [9.17, 15) is 68.4 Å². The summed E-state index contributed by atoms with van der Waals surface area (Å²) in [6.45, 7) is 9.44. The Kier molecular flexibility index (Phi) is 22.1. The van der Waals surface area contributed by atoms with E-state index in [1.165, 1.54) is 58.2 Å². The van der Waals surface area contributed by atoms with Crippen molar-refractivity contribution in [2.75, 3.05) is 29.2 Å². The van der Waals surface area contributed by atoms with Gasteiger partial charge in [0.05, 0.1) is 54.3 Å². The molecule has 1 aliphatic heterocycles. The van der Waals surface area contributed by atoms with Crippen molar-refractivity contribution in [2.24, 2.45) is 22.7 Å². The molecule has 4 aliphatic rings. The molecule has 3 aliphatic carbocycles. The number of ether oxygens (including phenoxy) is 6. The minimum Gasteiger partial charge on any atom is -0.481 e. The monoisotopic (exact) mass is 1380 g/mol. The number of aliphatic hydroxyl groups is 2. The Morgan fingerprint density at radius 1 is 0.835 bits per heavy atom. The van der Waals surface area contributed by atoms with E-state index in [1.54, 1.807) is 67.6 Å². The first kappa shape index (κ1) is 72.2. The van der Waals surface area contributed by atoms with Crippen LogP contribution in [0, 0.1) is 22.7 Å². The standard InChI is InChI=1S/C67H75N7O21S2/c1-33(37-14-10-8-11-15-37)51(79)62(88)92-45-28-67(89)55(94-61(87)39-16-12-9-13-17-39)53-65(7,54(80)52(91-35(3)75)49(34(45)2)64(67,5)6)46(27-47-66(53,32-90-47)95-36(4)76)93-48(78)24-25-96-97-31-40(59(83)84)26-43(77)22-23-44(60(85)86)72-57(81)38-18-20-41(21-19-38)69-29-42-30-70-56-50(71-42)58(82)74-63(68)73-56/h8-21,30,33,40,44-47,51-53,55,69,79,89H,22-29,31-32H2,1-7H3,(H,72,81)(H,83,84)(H,85,86)(H3,68,70,73,74,82)/t33-,40?,44?,45-,46-,47+,51+,52+,53?,55?,65+,66-,67+/m0/s1. The van der Waals surface area contributed by atoms with Crippen molar-refractivity contribution in [3.63, 3.8) is 0 Å². The molecule has 1 amide bonds. The van der Waals surface area contributed by atoms with Gasteiger partial charge in [-0.1, -0.05) is 90.9 Å². The average molecular weight is 1380 g/mol. The number of carboxylic acid groups (broad SMARTS) is 2. The Hall–Kier alpha value is -9.10. The first-order valence-electron chi connectivity index (χ1n) is 31.1. The number of hydrogen-bond acceptors (Lipinski definition) is 26. The van der Waals surface area contributed by atoms with Gasteiger partial charge in [-0.15, -0.1) is 0 Å². The second-order valence-electron chi connectivity index (χ2n) is 25.2. The zero-order chi connectivity index (χ0) is 70.5. The minimum atomic E-state index is -2.49. The number of aromatic nitrogens is 4. The number of amides is 1. The Labute approximate surface area is 563 Å². The van der Waals surface area contributed by atoms with Crippen LogP contribution in [0.1, 0.15) is 125 Å². The molecular weight excluding hydrogens is 1300 g/mol. The molecule has 3 fully saturated rings. The molecule has 2 bridgehead atoms. The number of aliphatic hydroxyl groups excluding tert-OH is 1. The molecule has 9 rings (SSSR count). The number of benzene rings is 3. The Morgan fingerprint density at radius 3 is 2.14 bits per heavy atom. The van der Waals surface area contributed by atoms with Crippen molar-refractivity contribution < 1.29 is 96.8 Å². The number of aliphatic carboxylic acids is 2. The lowest BCUT2D eigenvalue weighted by Gasteiger charge is -2.67. The van der Waals surface area contributed by atoms with Gasteiger partial charge in [0, 0.05) is 73.6 Å². The number of Topliss-reactive ketones (excluding diaryl/α,β-unsaturated/α-hetero) is 2. The molecule has 0 spiro atoms. The number of hydrogen-bond donors (Lipinski definition) is 8. The quantitative estimate of drug-likeness (QED) is 0.0110. The highest BCUT2D eigenvalue weighted by molar-refractivity contribution is 8.76. The normalized spacial score (nSPS) is 25.1. The number of anilines is 2. The number of nitrogen functional groups attached to an aromatic ring is 1. The van der Waals surface area contributed by atoms with E-state index in [2.05, 4.69) is 30.6 Å². The minimum absolute atomic E-state index is 0.000719. The second kappa shape index (κ2) is 29.7.